The Kier molecular flexibility index (Phi) is 3.87. The summed E-state index contributed by atoms with van der Waals surface area (Å²) in [6, 6.07) is -0.406. The first-order valence-electron chi connectivity index (χ1n) is 7.83. The van der Waals surface area contributed by atoms with Gasteiger partial charge in [0.15, 0.2) is 6.10 Å². The summed E-state index contributed by atoms with van der Waals surface area (Å²) in [5, 5.41) is 2.56. The van der Waals surface area contributed by atoms with Gasteiger partial charge in [-0.1, -0.05) is 6.42 Å². The van der Waals surface area contributed by atoms with Crippen molar-refractivity contribution in [3.8, 4) is 0 Å². The van der Waals surface area contributed by atoms with Crippen molar-refractivity contribution in [1.29, 1.82) is 0 Å². The van der Waals surface area contributed by atoms with Crippen molar-refractivity contribution < 1.29 is 19.1 Å². The van der Waals surface area contributed by atoms with Gasteiger partial charge in [0.1, 0.15) is 0 Å². The predicted molar refractivity (Wildman–Crippen MR) is 74.2 cm³/mol. The molecule has 1 saturated heterocycles. The number of rotatable bonds is 4. The van der Waals surface area contributed by atoms with Crippen LogP contribution in [-0.4, -0.2) is 42.0 Å². The van der Waals surface area contributed by atoms with Crippen LogP contribution in [0.15, 0.2) is 0 Å². The van der Waals surface area contributed by atoms with E-state index in [1.54, 1.807) is 0 Å². The summed E-state index contributed by atoms with van der Waals surface area (Å²) >= 11 is 0. The summed E-state index contributed by atoms with van der Waals surface area (Å²) in [6.45, 7) is 2.33. The first-order chi connectivity index (χ1) is 10.0. The lowest BCUT2D eigenvalue weighted by molar-refractivity contribution is -0.158. The van der Waals surface area contributed by atoms with E-state index in [4.69, 9.17) is 4.74 Å². The van der Waals surface area contributed by atoms with Gasteiger partial charge in [-0.3, -0.25) is 14.5 Å². The van der Waals surface area contributed by atoms with E-state index >= 15 is 0 Å². The second-order valence-electron chi connectivity index (χ2n) is 6.49. The lowest BCUT2D eigenvalue weighted by Gasteiger charge is -2.22. The van der Waals surface area contributed by atoms with Crippen LogP contribution in [0.2, 0.25) is 0 Å². The third-order valence-corrected chi connectivity index (χ3v) is 5.09. The Morgan fingerprint density at radius 2 is 2.19 bits per heavy atom. The van der Waals surface area contributed by atoms with E-state index in [1.807, 2.05) is 0 Å². The van der Waals surface area contributed by atoms with E-state index in [0.717, 1.165) is 17.2 Å². The molecule has 3 rings (SSSR count). The third kappa shape index (κ3) is 2.89. The number of urea groups is 1. The highest BCUT2D eigenvalue weighted by molar-refractivity contribution is 5.98. The second kappa shape index (κ2) is 5.66. The fourth-order valence-corrected chi connectivity index (χ4v) is 4.04. The minimum atomic E-state index is -0.889. The Hall–Kier alpha value is -1.59. The fourth-order valence-electron chi connectivity index (χ4n) is 4.04. The molecule has 3 amide bonds. The Morgan fingerprint density at radius 1 is 1.38 bits per heavy atom. The van der Waals surface area contributed by atoms with Gasteiger partial charge < -0.3 is 10.1 Å². The van der Waals surface area contributed by atoms with Gasteiger partial charge in [-0.2, -0.15) is 0 Å². The van der Waals surface area contributed by atoms with Crippen LogP contribution in [0.4, 0.5) is 4.79 Å². The summed E-state index contributed by atoms with van der Waals surface area (Å²) in [5.74, 6) is 1.13. The molecule has 116 valence electrons. The fraction of sp³-hybridized carbons (Fsp3) is 0.800. The molecule has 0 aromatic carbocycles. The highest BCUT2D eigenvalue weighted by Crippen LogP contribution is 2.49. The van der Waals surface area contributed by atoms with Gasteiger partial charge in [0.2, 0.25) is 0 Å². The maximum atomic E-state index is 12.0. The smallest absolute Gasteiger partial charge is 0.324 e. The predicted octanol–water partition coefficient (Wildman–Crippen LogP) is 1.30. The Bertz CT molecular complexity index is 465. The molecule has 3 fully saturated rings. The third-order valence-electron chi connectivity index (χ3n) is 5.09. The lowest BCUT2D eigenvalue weighted by atomic mass is 9.86. The number of fused-ring (bicyclic) bond motifs is 2. The van der Waals surface area contributed by atoms with Crippen molar-refractivity contribution in [1.82, 2.24) is 10.2 Å². The van der Waals surface area contributed by atoms with Gasteiger partial charge in [0, 0.05) is 19.5 Å². The largest absolute Gasteiger partial charge is 0.453 e. The topological polar surface area (TPSA) is 75.7 Å². The molecule has 4 atom stereocenters. The van der Waals surface area contributed by atoms with Crippen molar-refractivity contribution >= 4 is 17.9 Å². The SMILES string of the molecule is CC(OC(=O)CC1CC2CCC1C2)C(=O)N1CCNC1=O. The van der Waals surface area contributed by atoms with Crippen LogP contribution >= 0.6 is 0 Å². The molecular formula is C15H22N2O4. The molecule has 21 heavy (non-hydrogen) atoms. The summed E-state index contributed by atoms with van der Waals surface area (Å²) in [6.07, 6.45) is 4.42. The number of carbonyl (C=O) groups excluding carboxylic acids is 3. The number of imide groups is 1. The number of hydrogen-bond donors (Lipinski definition) is 1. The standard InChI is InChI=1S/C15H22N2O4/c1-9(14(19)17-5-4-16-15(17)20)21-13(18)8-12-7-10-2-3-11(12)6-10/h9-12H,2-8H2,1H3,(H,16,20). The van der Waals surface area contributed by atoms with Crippen LogP contribution in [0.25, 0.3) is 0 Å². The van der Waals surface area contributed by atoms with Gasteiger partial charge >= 0.3 is 12.0 Å². The van der Waals surface area contributed by atoms with Crippen molar-refractivity contribution in [2.75, 3.05) is 13.1 Å². The molecule has 0 spiro atoms. The van der Waals surface area contributed by atoms with Crippen LogP contribution in [0, 0.1) is 17.8 Å². The summed E-state index contributed by atoms with van der Waals surface area (Å²) in [4.78, 5) is 36.6. The van der Waals surface area contributed by atoms with Gasteiger partial charge in [0.05, 0.1) is 0 Å². The molecule has 1 heterocycles. The first kappa shape index (κ1) is 14.4. The number of hydrogen-bond acceptors (Lipinski definition) is 4. The average molecular weight is 294 g/mol. The highest BCUT2D eigenvalue weighted by atomic mass is 16.5. The number of ether oxygens (including phenoxy) is 1. The molecule has 3 aliphatic rings. The van der Waals surface area contributed by atoms with Crippen LogP contribution in [0.1, 0.15) is 39.0 Å². The van der Waals surface area contributed by atoms with Crippen molar-refractivity contribution in [2.45, 2.75) is 45.1 Å². The molecule has 6 heteroatoms. The molecule has 2 aliphatic carbocycles. The second-order valence-corrected chi connectivity index (χ2v) is 6.49. The molecule has 2 saturated carbocycles. The van der Waals surface area contributed by atoms with Gasteiger partial charge in [-0.15, -0.1) is 0 Å². The molecule has 4 unspecified atom stereocenters. The van der Waals surface area contributed by atoms with Crippen LogP contribution in [-0.2, 0) is 14.3 Å². The van der Waals surface area contributed by atoms with Gasteiger partial charge in [-0.05, 0) is 43.9 Å². The maximum Gasteiger partial charge on any atom is 0.324 e. The molecule has 0 aromatic rings. The first-order valence-corrected chi connectivity index (χ1v) is 7.83. The van der Waals surface area contributed by atoms with E-state index in [-0.39, 0.29) is 5.97 Å². The van der Waals surface area contributed by atoms with E-state index in [1.165, 1.54) is 26.2 Å². The summed E-state index contributed by atoms with van der Waals surface area (Å²) in [5.41, 5.74) is 0. The molecule has 1 aliphatic heterocycles. The van der Waals surface area contributed by atoms with E-state index < -0.39 is 18.0 Å². The number of esters is 1. The van der Waals surface area contributed by atoms with E-state index in [2.05, 4.69) is 5.32 Å². The van der Waals surface area contributed by atoms with E-state index in [9.17, 15) is 14.4 Å². The van der Waals surface area contributed by atoms with Gasteiger partial charge in [-0.25, -0.2) is 4.79 Å². The molecule has 0 aromatic heterocycles. The number of amides is 3. The number of nitrogens with one attached hydrogen (secondary N) is 1. The highest BCUT2D eigenvalue weighted by Gasteiger charge is 2.41. The zero-order valence-corrected chi connectivity index (χ0v) is 12.3. The van der Waals surface area contributed by atoms with E-state index in [0.29, 0.717) is 31.3 Å². The monoisotopic (exact) mass is 294 g/mol. The Balaban J connectivity index is 1.48. The minimum Gasteiger partial charge on any atom is -0.453 e. The minimum absolute atomic E-state index is 0.312. The summed E-state index contributed by atoms with van der Waals surface area (Å²) < 4.78 is 5.23. The van der Waals surface area contributed by atoms with Crippen molar-refractivity contribution in [2.24, 2.45) is 17.8 Å². The lowest BCUT2D eigenvalue weighted by Crippen LogP contribution is -2.42. The van der Waals surface area contributed by atoms with Gasteiger partial charge in [0.25, 0.3) is 5.91 Å². The van der Waals surface area contributed by atoms with Crippen molar-refractivity contribution in [3.05, 3.63) is 0 Å². The van der Waals surface area contributed by atoms with Crippen LogP contribution in [0.3, 0.4) is 0 Å². The van der Waals surface area contributed by atoms with Crippen molar-refractivity contribution in [3.63, 3.8) is 0 Å². The Morgan fingerprint density at radius 3 is 2.76 bits per heavy atom. The molecular weight excluding hydrogens is 272 g/mol. The zero-order chi connectivity index (χ0) is 15.0. The number of nitrogens with zero attached hydrogens (tertiary/aromatic N) is 1. The Labute approximate surface area is 124 Å². The average Bonchev–Trinajstić information content (AvgIpc) is 3.14. The number of carbonyl (C=O) groups is 3. The summed E-state index contributed by atoms with van der Waals surface area (Å²) in [7, 11) is 0. The molecule has 6 nitrogen and oxygen atoms in total. The quantitative estimate of drug-likeness (QED) is 0.793. The maximum absolute atomic E-state index is 12.0. The van der Waals surface area contributed by atoms with Crippen LogP contribution in [0.5, 0.6) is 0 Å². The van der Waals surface area contributed by atoms with Crippen LogP contribution < -0.4 is 5.32 Å². The normalized spacial score (nSPS) is 32.1. The molecule has 0 radical (unpaired) electrons. The zero-order valence-electron chi connectivity index (χ0n) is 12.3. The molecule has 2 bridgehead atoms. The molecule has 1 N–H and O–H groups in total.